The maximum absolute atomic E-state index is 12.9. The van der Waals surface area contributed by atoms with E-state index in [1.807, 2.05) is 6.92 Å². The molecule has 0 aliphatic rings. The molecular weight excluding hydrogens is 331 g/mol. The van der Waals surface area contributed by atoms with Gasteiger partial charge in [-0.2, -0.15) is 18.3 Å². The Morgan fingerprint density at radius 2 is 2.17 bits per heavy atom. The molecule has 0 saturated heterocycles. The average molecular weight is 347 g/mol. The summed E-state index contributed by atoms with van der Waals surface area (Å²) in [6.07, 6.45) is -3.21. The molecule has 2 heterocycles. The van der Waals surface area contributed by atoms with Gasteiger partial charge >= 0.3 is 6.18 Å². The van der Waals surface area contributed by atoms with Crippen molar-refractivity contribution in [2.24, 2.45) is 0 Å². The van der Waals surface area contributed by atoms with Gasteiger partial charge in [-0.15, -0.1) is 11.8 Å². The molecule has 2 aromatic heterocycles. The molecular formula is C14H16F3N3O2S. The van der Waals surface area contributed by atoms with Crippen LogP contribution in [0.1, 0.15) is 18.2 Å². The highest BCUT2D eigenvalue weighted by Crippen LogP contribution is 2.34. The number of halogens is 3. The summed E-state index contributed by atoms with van der Waals surface area (Å²) in [6, 6.07) is 2.02. The molecule has 0 aliphatic carbocycles. The number of pyridine rings is 1. The van der Waals surface area contributed by atoms with E-state index in [-0.39, 0.29) is 12.3 Å². The summed E-state index contributed by atoms with van der Waals surface area (Å²) in [5.41, 5.74) is 0.0364. The third-order valence-electron chi connectivity index (χ3n) is 3.22. The number of likely N-dealkylation sites (N-methyl/N-ethyl adjacent to an activating group) is 1. The lowest BCUT2D eigenvalue weighted by atomic mass is 10.2. The number of hydrogen-bond donors (Lipinski definition) is 0. The van der Waals surface area contributed by atoms with E-state index in [9.17, 15) is 18.0 Å². The van der Waals surface area contributed by atoms with Gasteiger partial charge in [-0.05, 0) is 17.9 Å². The van der Waals surface area contributed by atoms with Crippen LogP contribution in [0.3, 0.4) is 0 Å². The summed E-state index contributed by atoms with van der Waals surface area (Å²) in [7, 11) is 2.82. The van der Waals surface area contributed by atoms with Crippen LogP contribution in [0.2, 0.25) is 0 Å². The van der Waals surface area contributed by atoms with Gasteiger partial charge in [-0.3, -0.25) is 9.63 Å². The monoisotopic (exact) mass is 347 g/mol. The molecule has 1 amide bonds. The molecule has 0 aromatic carbocycles. The van der Waals surface area contributed by atoms with Crippen LogP contribution in [0.15, 0.2) is 23.2 Å². The first kappa shape index (κ1) is 17.6. The summed E-state index contributed by atoms with van der Waals surface area (Å²) in [5.74, 6) is 0.323. The van der Waals surface area contributed by atoms with Crippen LogP contribution in [0, 0.1) is 0 Å². The fourth-order valence-electron chi connectivity index (χ4n) is 2.02. The molecule has 0 bridgehead atoms. The zero-order valence-corrected chi connectivity index (χ0v) is 13.7. The van der Waals surface area contributed by atoms with Crippen molar-refractivity contribution >= 4 is 23.2 Å². The van der Waals surface area contributed by atoms with Gasteiger partial charge < -0.3 is 0 Å². The Bertz CT molecular complexity index is 715. The highest BCUT2D eigenvalue weighted by molar-refractivity contribution is 7.99. The van der Waals surface area contributed by atoms with Crippen molar-refractivity contribution in [3.8, 4) is 0 Å². The number of nitrogens with zero attached hydrogens (tertiary/aromatic N) is 3. The molecule has 2 rings (SSSR count). The Kier molecular flexibility index (Phi) is 5.20. The lowest BCUT2D eigenvalue weighted by Crippen LogP contribution is -2.27. The number of hydrogen-bond acceptors (Lipinski definition) is 4. The molecule has 0 spiro atoms. The second-order valence-electron chi connectivity index (χ2n) is 4.70. The number of carbonyl (C=O) groups is 1. The lowest BCUT2D eigenvalue weighted by molar-refractivity contribution is -0.167. The molecule has 0 N–H and O–H groups in total. The molecule has 0 aliphatic heterocycles. The number of carbonyl (C=O) groups excluding carboxylic acids is 1. The Labute approximate surface area is 135 Å². The minimum Gasteiger partial charge on any atom is -0.275 e. The predicted octanol–water partition coefficient (Wildman–Crippen LogP) is 3.03. The Balaban J connectivity index is 2.49. The molecule has 0 saturated carbocycles. The molecule has 2 aromatic rings. The first-order valence-corrected chi connectivity index (χ1v) is 7.78. The number of thioether (sulfide) groups is 1. The van der Waals surface area contributed by atoms with Crippen molar-refractivity contribution in [3.05, 3.63) is 29.6 Å². The third-order valence-corrected chi connectivity index (χ3v) is 4.24. The number of rotatable bonds is 5. The van der Waals surface area contributed by atoms with Gasteiger partial charge in [0.1, 0.15) is 0 Å². The molecule has 0 atom stereocenters. The highest BCUT2D eigenvalue weighted by Gasteiger charge is 2.31. The van der Waals surface area contributed by atoms with Crippen molar-refractivity contribution in [1.29, 1.82) is 0 Å². The van der Waals surface area contributed by atoms with Crippen LogP contribution in [0.5, 0.6) is 0 Å². The summed E-state index contributed by atoms with van der Waals surface area (Å²) in [5, 5.41) is 5.30. The van der Waals surface area contributed by atoms with E-state index in [2.05, 4.69) is 5.10 Å². The molecule has 5 nitrogen and oxygen atoms in total. The number of alkyl halides is 3. The first-order chi connectivity index (χ1) is 10.8. The summed E-state index contributed by atoms with van der Waals surface area (Å²) >= 11 is 1.36. The van der Waals surface area contributed by atoms with E-state index in [1.165, 1.54) is 36.6 Å². The Hall–Kier alpha value is -1.74. The molecule has 9 heteroatoms. The third kappa shape index (κ3) is 3.78. The Morgan fingerprint density at radius 3 is 2.74 bits per heavy atom. The van der Waals surface area contributed by atoms with Crippen LogP contribution in [0.4, 0.5) is 13.2 Å². The maximum Gasteiger partial charge on any atom is 0.416 e. The van der Waals surface area contributed by atoms with Gasteiger partial charge in [0.05, 0.1) is 35.2 Å². The highest BCUT2D eigenvalue weighted by atomic mass is 32.2. The maximum atomic E-state index is 12.9. The number of amides is 1. The fourth-order valence-corrected chi connectivity index (χ4v) is 2.89. The van der Waals surface area contributed by atoms with Crippen molar-refractivity contribution in [1.82, 2.24) is 14.7 Å². The largest absolute Gasteiger partial charge is 0.416 e. The van der Waals surface area contributed by atoms with Crippen LogP contribution in [0.25, 0.3) is 5.52 Å². The van der Waals surface area contributed by atoms with E-state index in [4.69, 9.17) is 4.84 Å². The van der Waals surface area contributed by atoms with E-state index >= 15 is 0 Å². The van der Waals surface area contributed by atoms with Gasteiger partial charge in [0.2, 0.25) is 0 Å². The Morgan fingerprint density at radius 1 is 1.48 bits per heavy atom. The van der Waals surface area contributed by atoms with Gasteiger partial charge in [0.15, 0.2) is 0 Å². The quantitative estimate of drug-likeness (QED) is 0.616. The van der Waals surface area contributed by atoms with Crippen LogP contribution in [-0.2, 0) is 22.2 Å². The smallest absolute Gasteiger partial charge is 0.275 e. The molecule has 126 valence electrons. The van der Waals surface area contributed by atoms with Crippen LogP contribution >= 0.6 is 11.8 Å². The zero-order chi connectivity index (χ0) is 17.2. The van der Waals surface area contributed by atoms with E-state index in [1.54, 1.807) is 0 Å². The van der Waals surface area contributed by atoms with Crippen molar-refractivity contribution in [2.45, 2.75) is 24.4 Å². The predicted molar refractivity (Wildman–Crippen MR) is 80.1 cm³/mol. The second-order valence-corrected chi connectivity index (χ2v) is 5.98. The number of aromatic nitrogens is 2. The lowest BCUT2D eigenvalue weighted by Gasteiger charge is -2.12. The molecule has 0 fully saturated rings. The normalized spacial score (nSPS) is 11.9. The summed E-state index contributed by atoms with van der Waals surface area (Å²) < 4.78 is 40.0. The standard InChI is InChI=1S/C14H16F3N3O2S/c1-4-23-13-10(8-12(21)19(2)22-3)18-20-6-5-9(7-11(13)20)14(15,16)17/h5-7H,4,8H2,1-3H3. The summed E-state index contributed by atoms with van der Waals surface area (Å²) in [6.45, 7) is 1.88. The van der Waals surface area contributed by atoms with Crippen molar-refractivity contribution < 1.29 is 22.8 Å². The molecule has 0 unspecified atom stereocenters. The SMILES string of the molecule is CCSc1c(CC(=O)N(C)OC)nn2ccc(C(F)(F)F)cc12. The van der Waals surface area contributed by atoms with Gasteiger partial charge in [0.25, 0.3) is 5.91 Å². The van der Waals surface area contributed by atoms with E-state index in [0.717, 1.165) is 17.2 Å². The zero-order valence-electron chi connectivity index (χ0n) is 12.8. The minimum absolute atomic E-state index is 0.0459. The van der Waals surface area contributed by atoms with E-state index in [0.29, 0.717) is 21.9 Å². The molecule has 0 radical (unpaired) electrons. The van der Waals surface area contributed by atoms with Crippen molar-refractivity contribution in [3.63, 3.8) is 0 Å². The number of hydroxylamine groups is 2. The topological polar surface area (TPSA) is 46.8 Å². The fraction of sp³-hybridized carbons (Fsp3) is 0.429. The van der Waals surface area contributed by atoms with Crippen molar-refractivity contribution in [2.75, 3.05) is 19.9 Å². The van der Waals surface area contributed by atoms with Crippen LogP contribution < -0.4 is 0 Å². The average Bonchev–Trinajstić information content (AvgIpc) is 2.83. The molecule has 23 heavy (non-hydrogen) atoms. The minimum atomic E-state index is -4.42. The summed E-state index contributed by atoms with van der Waals surface area (Å²) in [4.78, 5) is 17.4. The first-order valence-electron chi connectivity index (χ1n) is 6.79. The number of fused-ring (bicyclic) bond motifs is 1. The van der Waals surface area contributed by atoms with E-state index < -0.39 is 11.7 Å². The van der Waals surface area contributed by atoms with Gasteiger partial charge in [-0.1, -0.05) is 6.92 Å². The van der Waals surface area contributed by atoms with Gasteiger partial charge in [0, 0.05) is 13.2 Å². The second kappa shape index (κ2) is 6.79. The van der Waals surface area contributed by atoms with Crippen LogP contribution in [-0.4, -0.2) is 40.5 Å². The van der Waals surface area contributed by atoms with Gasteiger partial charge in [-0.25, -0.2) is 9.58 Å².